The van der Waals surface area contributed by atoms with Gasteiger partial charge in [0.15, 0.2) is 0 Å². The maximum Gasteiger partial charge on any atom is 0.222 e. The molecule has 1 aliphatic rings. The molecule has 0 fully saturated rings. The molecule has 0 amide bonds. The molecule has 3 N–H and O–H groups in total. The number of aromatic nitrogens is 2. The number of Topliss-reactive ketones (excluding diaryl/α,β-unsaturated/α-hetero) is 1. The van der Waals surface area contributed by atoms with Crippen molar-refractivity contribution < 1.29 is 4.79 Å². The summed E-state index contributed by atoms with van der Waals surface area (Å²) in [5.41, 5.74) is 8.09. The minimum atomic E-state index is -0.569. The van der Waals surface area contributed by atoms with Crippen LogP contribution in [0.5, 0.6) is 0 Å². The zero-order valence-corrected chi connectivity index (χ0v) is 14.2. The van der Waals surface area contributed by atoms with E-state index in [1.807, 2.05) is 45.0 Å². The van der Waals surface area contributed by atoms with Crippen molar-refractivity contribution in [1.82, 2.24) is 9.97 Å². The number of benzene rings is 1. The number of fused-ring (bicyclic) bond motifs is 3. The van der Waals surface area contributed by atoms with Crippen LogP contribution >= 0.6 is 0 Å². The smallest absolute Gasteiger partial charge is 0.222 e. The summed E-state index contributed by atoms with van der Waals surface area (Å²) in [5.74, 6) is 0.771. The number of carbonyl (C=O) groups excluding carboxylic acids is 1. The number of nitrogens with two attached hydrogens (primary N) is 1. The number of anilines is 1. The number of nitrogens with one attached hydrogen (secondary N) is 1. The van der Waals surface area contributed by atoms with E-state index in [-0.39, 0.29) is 5.78 Å². The van der Waals surface area contributed by atoms with Gasteiger partial charge in [0.1, 0.15) is 5.78 Å². The van der Waals surface area contributed by atoms with Gasteiger partial charge in [-0.2, -0.15) is 0 Å². The summed E-state index contributed by atoms with van der Waals surface area (Å²) in [5, 5.41) is 2.96. The van der Waals surface area contributed by atoms with Crippen LogP contribution < -0.4 is 11.1 Å². The van der Waals surface area contributed by atoms with E-state index in [1.165, 1.54) is 0 Å². The van der Waals surface area contributed by atoms with E-state index in [0.717, 1.165) is 28.9 Å². The Bertz CT molecular complexity index is 710. The second kappa shape index (κ2) is 6.87. The first-order chi connectivity index (χ1) is 11.0. The molecule has 0 bridgehead atoms. The predicted octanol–water partition coefficient (Wildman–Crippen LogP) is 2.55. The van der Waals surface area contributed by atoms with Gasteiger partial charge in [-0.3, -0.25) is 4.79 Å². The number of hydrogen-bond acceptors (Lipinski definition) is 5. The fourth-order valence-corrected chi connectivity index (χ4v) is 2.61. The average molecular weight is 312 g/mol. The largest absolute Gasteiger partial charge is 0.357 e. The Labute approximate surface area is 137 Å². The molecule has 0 unspecified atom stereocenters. The van der Waals surface area contributed by atoms with E-state index in [1.54, 1.807) is 13.2 Å². The first-order valence-electron chi connectivity index (χ1n) is 7.82. The van der Waals surface area contributed by atoms with Gasteiger partial charge in [-0.25, -0.2) is 9.97 Å². The van der Waals surface area contributed by atoms with Gasteiger partial charge in [0.05, 0.1) is 11.1 Å². The summed E-state index contributed by atoms with van der Waals surface area (Å²) >= 11 is 0. The van der Waals surface area contributed by atoms with E-state index in [0.29, 0.717) is 12.4 Å². The molecule has 122 valence electrons. The first kappa shape index (κ1) is 17.1. The van der Waals surface area contributed by atoms with Gasteiger partial charge >= 0.3 is 0 Å². The van der Waals surface area contributed by atoms with Crippen LogP contribution in [0.15, 0.2) is 30.5 Å². The number of nitrogens with zero attached hydrogens (tertiary/aromatic N) is 2. The lowest BCUT2D eigenvalue weighted by atomic mass is 9.80. The maximum absolute atomic E-state index is 12.5. The molecular weight excluding hydrogens is 288 g/mol. The molecular formula is C18H24N4O. The number of hydrogen-bond donors (Lipinski definition) is 2. The van der Waals surface area contributed by atoms with E-state index < -0.39 is 5.41 Å². The van der Waals surface area contributed by atoms with Gasteiger partial charge in [-0.05, 0) is 26.0 Å². The highest BCUT2D eigenvalue weighted by Crippen LogP contribution is 2.38. The van der Waals surface area contributed by atoms with Crippen molar-refractivity contribution >= 4 is 11.7 Å². The molecule has 2 aromatic rings. The standard InChI is InChI=1S/C16H17N3O.C2H7N/c1-16(2)12-9-18-15(17-3)19-14(12)11-7-5-4-6-10(11)8-13(16)20;1-2-3/h4-7,9H,8H2,1-3H3,(H,17,18,19);2-3H2,1H3. The Morgan fingerprint density at radius 3 is 2.61 bits per heavy atom. The van der Waals surface area contributed by atoms with Gasteiger partial charge in [0.2, 0.25) is 5.95 Å². The van der Waals surface area contributed by atoms with Crippen LogP contribution in [-0.4, -0.2) is 29.3 Å². The van der Waals surface area contributed by atoms with Gasteiger partial charge in [-0.1, -0.05) is 31.2 Å². The fraction of sp³-hybridized carbons (Fsp3) is 0.389. The third-order valence-electron chi connectivity index (χ3n) is 4.01. The van der Waals surface area contributed by atoms with Crippen molar-refractivity contribution in [2.75, 3.05) is 18.9 Å². The van der Waals surface area contributed by atoms with Crippen molar-refractivity contribution in [3.8, 4) is 11.3 Å². The molecule has 0 saturated heterocycles. The Balaban J connectivity index is 0.000000595. The predicted molar refractivity (Wildman–Crippen MR) is 93.5 cm³/mol. The Morgan fingerprint density at radius 2 is 1.96 bits per heavy atom. The molecule has 3 rings (SSSR count). The molecule has 1 heterocycles. The summed E-state index contributed by atoms with van der Waals surface area (Å²) in [6.07, 6.45) is 2.21. The van der Waals surface area contributed by atoms with Gasteiger partial charge < -0.3 is 11.1 Å². The van der Waals surface area contributed by atoms with E-state index in [2.05, 4.69) is 15.3 Å². The van der Waals surface area contributed by atoms with Crippen LogP contribution in [0.25, 0.3) is 11.3 Å². The van der Waals surface area contributed by atoms with Crippen LogP contribution in [0.1, 0.15) is 31.9 Å². The Kier molecular flexibility index (Phi) is 5.11. The second-order valence-electron chi connectivity index (χ2n) is 6.00. The molecule has 5 heteroatoms. The molecule has 1 aromatic heterocycles. The molecule has 0 radical (unpaired) electrons. The second-order valence-corrected chi connectivity index (χ2v) is 6.00. The van der Waals surface area contributed by atoms with Crippen molar-refractivity contribution in [2.45, 2.75) is 32.6 Å². The zero-order valence-electron chi connectivity index (χ0n) is 14.2. The number of rotatable bonds is 1. The summed E-state index contributed by atoms with van der Waals surface area (Å²) < 4.78 is 0. The van der Waals surface area contributed by atoms with Crippen molar-refractivity contribution in [3.05, 3.63) is 41.6 Å². The third kappa shape index (κ3) is 3.24. The average Bonchev–Trinajstić information content (AvgIpc) is 2.62. The number of carbonyl (C=O) groups is 1. The van der Waals surface area contributed by atoms with E-state index in [9.17, 15) is 4.79 Å². The molecule has 0 atom stereocenters. The highest BCUT2D eigenvalue weighted by Gasteiger charge is 2.36. The van der Waals surface area contributed by atoms with Crippen molar-refractivity contribution in [3.63, 3.8) is 0 Å². The third-order valence-corrected chi connectivity index (χ3v) is 4.01. The normalized spacial score (nSPS) is 14.7. The quantitative estimate of drug-likeness (QED) is 0.846. The van der Waals surface area contributed by atoms with E-state index in [4.69, 9.17) is 5.73 Å². The van der Waals surface area contributed by atoms with Crippen LogP contribution in [0.2, 0.25) is 0 Å². The summed E-state index contributed by atoms with van der Waals surface area (Å²) in [7, 11) is 1.79. The summed E-state index contributed by atoms with van der Waals surface area (Å²) in [4.78, 5) is 21.4. The molecule has 1 aliphatic carbocycles. The summed E-state index contributed by atoms with van der Waals surface area (Å²) in [6.45, 7) is 6.55. The molecule has 23 heavy (non-hydrogen) atoms. The lowest BCUT2D eigenvalue weighted by molar-refractivity contribution is -0.122. The topological polar surface area (TPSA) is 80.9 Å². The first-order valence-corrected chi connectivity index (χ1v) is 7.82. The maximum atomic E-state index is 12.5. The van der Waals surface area contributed by atoms with Crippen LogP contribution in [-0.2, 0) is 16.6 Å². The fourth-order valence-electron chi connectivity index (χ4n) is 2.61. The summed E-state index contributed by atoms with van der Waals surface area (Å²) in [6, 6.07) is 7.96. The van der Waals surface area contributed by atoms with Gasteiger partial charge in [-0.15, -0.1) is 0 Å². The molecule has 1 aromatic carbocycles. The SMILES string of the molecule is CCN.CNc1ncc2c(n1)-c1ccccc1CC(=O)C2(C)C. The monoisotopic (exact) mass is 312 g/mol. The lowest BCUT2D eigenvalue weighted by Crippen LogP contribution is -2.30. The van der Waals surface area contributed by atoms with Crippen molar-refractivity contribution in [1.29, 1.82) is 0 Å². The lowest BCUT2D eigenvalue weighted by Gasteiger charge is -2.23. The minimum absolute atomic E-state index is 0.199. The Morgan fingerprint density at radius 1 is 1.30 bits per heavy atom. The van der Waals surface area contributed by atoms with Crippen LogP contribution in [0.3, 0.4) is 0 Å². The zero-order chi connectivity index (χ0) is 17.0. The van der Waals surface area contributed by atoms with Gasteiger partial charge in [0, 0.05) is 30.8 Å². The molecule has 0 spiro atoms. The van der Waals surface area contributed by atoms with Gasteiger partial charge in [0.25, 0.3) is 0 Å². The highest BCUT2D eigenvalue weighted by atomic mass is 16.1. The van der Waals surface area contributed by atoms with E-state index >= 15 is 0 Å². The minimum Gasteiger partial charge on any atom is -0.357 e. The Hall–Kier alpha value is -2.27. The highest BCUT2D eigenvalue weighted by molar-refractivity contribution is 5.96. The van der Waals surface area contributed by atoms with Crippen LogP contribution in [0, 0.1) is 0 Å². The number of ketones is 1. The van der Waals surface area contributed by atoms with Crippen LogP contribution in [0.4, 0.5) is 5.95 Å². The molecule has 0 aliphatic heterocycles. The van der Waals surface area contributed by atoms with Crippen molar-refractivity contribution in [2.24, 2.45) is 5.73 Å². The molecule has 5 nitrogen and oxygen atoms in total. The molecule has 0 saturated carbocycles.